The monoisotopic (exact) mass is 271 g/mol. The molecule has 0 aliphatic rings. The van der Waals surface area contributed by atoms with Crippen LogP contribution in [0.3, 0.4) is 0 Å². The Kier molecular flexibility index (Phi) is 8.25. The van der Waals surface area contributed by atoms with Gasteiger partial charge in [0.2, 0.25) is 0 Å². The molecule has 0 aliphatic carbocycles. The molecule has 0 aromatic heterocycles. The molecule has 0 saturated heterocycles. The summed E-state index contributed by atoms with van der Waals surface area (Å²) in [6.07, 6.45) is 3.68. The molecule has 0 fully saturated rings. The number of nitrogens with two attached hydrogens (primary N) is 1. The summed E-state index contributed by atoms with van der Waals surface area (Å²) in [6.45, 7) is 6.27. The van der Waals surface area contributed by atoms with Gasteiger partial charge in [0, 0.05) is 6.04 Å². The molecule has 1 aromatic carbocycles. The van der Waals surface area contributed by atoms with E-state index in [0.717, 1.165) is 29.9 Å². The van der Waals surface area contributed by atoms with Gasteiger partial charge in [-0.3, -0.25) is 0 Å². The Balaban J connectivity index is 0.00000289. The summed E-state index contributed by atoms with van der Waals surface area (Å²) in [5.41, 5.74) is 7.15. The van der Waals surface area contributed by atoms with Crippen molar-refractivity contribution in [3.8, 4) is 11.5 Å². The molecule has 0 spiro atoms. The minimum Gasteiger partial charge on any atom is -0.493 e. The molecule has 4 heteroatoms. The molecule has 0 bridgehead atoms. The van der Waals surface area contributed by atoms with E-state index in [1.165, 1.54) is 0 Å². The third-order valence-corrected chi connectivity index (χ3v) is 2.60. The zero-order valence-electron chi connectivity index (χ0n) is 11.0. The second-order valence-corrected chi connectivity index (χ2v) is 3.82. The first-order valence-electron chi connectivity index (χ1n) is 5.90. The van der Waals surface area contributed by atoms with Crippen molar-refractivity contribution in [3.05, 3.63) is 36.4 Å². The first-order chi connectivity index (χ1) is 8.22. The summed E-state index contributed by atoms with van der Waals surface area (Å²) in [6, 6.07) is 5.85. The lowest BCUT2D eigenvalue weighted by Gasteiger charge is -2.14. The van der Waals surface area contributed by atoms with Gasteiger partial charge >= 0.3 is 0 Å². The molecule has 1 rings (SSSR count). The lowest BCUT2D eigenvalue weighted by molar-refractivity contribution is 0.310. The van der Waals surface area contributed by atoms with E-state index in [1.54, 1.807) is 7.11 Å². The molecular weight excluding hydrogens is 250 g/mol. The predicted octanol–water partition coefficient (Wildman–Crippen LogP) is 3.48. The van der Waals surface area contributed by atoms with E-state index < -0.39 is 0 Å². The third kappa shape index (κ3) is 4.59. The van der Waals surface area contributed by atoms with E-state index in [1.807, 2.05) is 31.2 Å². The van der Waals surface area contributed by atoms with Crippen molar-refractivity contribution in [2.45, 2.75) is 25.8 Å². The fourth-order valence-corrected chi connectivity index (χ4v) is 1.65. The summed E-state index contributed by atoms with van der Waals surface area (Å²) >= 11 is 0. The Morgan fingerprint density at radius 2 is 2.11 bits per heavy atom. The Labute approximate surface area is 115 Å². The highest BCUT2D eigenvalue weighted by molar-refractivity contribution is 5.85. The van der Waals surface area contributed by atoms with Crippen LogP contribution < -0.4 is 15.2 Å². The number of rotatable bonds is 7. The van der Waals surface area contributed by atoms with Gasteiger partial charge < -0.3 is 15.2 Å². The number of hydrogen-bond donors (Lipinski definition) is 1. The lowest BCUT2D eigenvalue weighted by atomic mass is 10.0. The number of benzene rings is 1. The van der Waals surface area contributed by atoms with Crippen LogP contribution >= 0.6 is 12.4 Å². The topological polar surface area (TPSA) is 44.5 Å². The van der Waals surface area contributed by atoms with E-state index in [4.69, 9.17) is 15.2 Å². The Hall–Kier alpha value is -1.19. The summed E-state index contributed by atoms with van der Waals surface area (Å²) < 4.78 is 10.8. The van der Waals surface area contributed by atoms with Crippen molar-refractivity contribution < 1.29 is 9.47 Å². The lowest BCUT2D eigenvalue weighted by Crippen LogP contribution is -2.10. The van der Waals surface area contributed by atoms with Gasteiger partial charge in [-0.1, -0.05) is 12.1 Å². The van der Waals surface area contributed by atoms with E-state index in [2.05, 4.69) is 6.58 Å². The second-order valence-electron chi connectivity index (χ2n) is 3.82. The minimum atomic E-state index is 0. The van der Waals surface area contributed by atoms with Crippen LogP contribution in [0.5, 0.6) is 11.5 Å². The number of methoxy groups -OCH3 is 1. The standard InChI is InChI=1S/C14H21NO2.ClH/c1-4-6-7-12(15)11-8-9-13(17-5-2)14(10-11)16-3;/h4,8-10,12H,1,5-7,15H2,2-3H3;1H/t12-;/m1./s1. The van der Waals surface area contributed by atoms with Gasteiger partial charge in [0.15, 0.2) is 11.5 Å². The van der Waals surface area contributed by atoms with Crippen LogP contribution in [0.25, 0.3) is 0 Å². The van der Waals surface area contributed by atoms with Gasteiger partial charge in [-0.05, 0) is 37.5 Å². The molecule has 0 saturated carbocycles. The molecule has 0 radical (unpaired) electrons. The average Bonchev–Trinajstić information content (AvgIpc) is 2.36. The number of allylic oxidation sites excluding steroid dienone is 1. The zero-order chi connectivity index (χ0) is 12.7. The summed E-state index contributed by atoms with van der Waals surface area (Å²) in [5.74, 6) is 1.49. The highest BCUT2D eigenvalue weighted by atomic mass is 35.5. The number of halogens is 1. The van der Waals surface area contributed by atoms with Crippen LogP contribution in [0.15, 0.2) is 30.9 Å². The van der Waals surface area contributed by atoms with Crippen molar-refractivity contribution in [2.24, 2.45) is 5.73 Å². The van der Waals surface area contributed by atoms with Crippen LogP contribution in [-0.4, -0.2) is 13.7 Å². The molecule has 0 amide bonds. The summed E-state index contributed by atoms with van der Waals surface area (Å²) in [4.78, 5) is 0. The van der Waals surface area contributed by atoms with Crippen molar-refractivity contribution >= 4 is 12.4 Å². The Bertz CT molecular complexity index is 369. The minimum absolute atomic E-state index is 0. The molecule has 1 aromatic rings. The van der Waals surface area contributed by atoms with Crippen molar-refractivity contribution in [1.29, 1.82) is 0 Å². The largest absolute Gasteiger partial charge is 0.493 e. The number of ether oxygens (including phenoxy) is 2. The summed E-state index contributed by atoms with van der Waals surface area (Å²) in [5, 5.41) is 0. The van der Waals surface area contributed by atoms with Crippen molar-refractivity contribution in [2.75, 3.05) is 13.7 Å². The van der Waals surface area contributed by atoms with Crippen molar-refractivity contribution in [3.63, 3.8) is 0 Å². The molecule has 0 unspecified atom stereocenters. The fourth-order valence-electron chi connectivity index (χ4n) is 1.65. The van der Waals surface area contributed by atoms with Crippen molar-refractivity contribution in [1.82, 2.24) is 0 Å². The maximum Gasteiger partial charge on any atom is 0.161 e. The molecule has 2 N–H and O–H groups in total. The molecule has 1 atom stereocenters. The zero-order valence-corrected chi connectivity index (χ0v) is 11.8. The highest BCUT2D eigenvalue weighted by Crippen LogP contribution is 2.30. The first kappa shape index (κ1) is 16.8. The third-order valence-electron chi connectivity index (χ3n) is 2.60. The second kappa shape index (κ2) is 8.84. The normalized spacial score (nSPS) is 11.3. The first-order valence-corrected chi connectivity index (χ1v) is 5.90. The van der Waals surface area contributed by atoms with Gasteiger partial charge in [-0.25, -0.2) is 0 Å². The van der Waals surface area contributed by atoms with Gasteiger partial charge in [-0.2, -0.15) is 0 Å². The van der Waals surface area contributed by atoms with Gasteiger partial charge in [0.25, 0.3) is 0 Å². The maximum atomic E-state index is 6.08. The molecule has 0 aliphatic heterocycles. The molecule has 102 valence electrons. The summed E-state index contributed by atoms with van der Waals surface area (Å²) in [7, 11) is 1.64. The van der Waals surface area contributed by atoms with Crippen LogP contribution in [0, 0.1) is 0 Å². The molecule has 0 heterocycles. The number of hydrogen-bond acceptors (Lipinski definition) is 3. The van der Waals surface area contributed by atoms with Crippen LogP contribution in [-0.2, 0) is 0 Å². The maximum absolute atomic E-state index is 6.08. The SMILES string of the molecule is C=CCC[C@@H](N)c1ccc(OCC)c(OC)c1.Cl. The smallest absolute Gasteiger partial charge is 0.161 e. The van der Waals surface area contributed by atoms with E-state index in [9.17, 15) is 0 Å². The fraction of sp³-hybridized carbons (Fsp3) is 0.429. The van der Waals surface area contributed by atoms with Crippen LogP contribution in [0.1, 0.15) is 31.4 Å². The molecular formula is C14H22ClNO2. The van der Waals surface area contributed by atoms with Crippen LogP contribution in [0.2, 0.25) is 0 Å². The molecule has 18 heavy (non-hydrogen) atoms. The van der Waals surface area contributed by atoms with Gasteiger partial charge in [-0.15, -0.1) is 19.0 Å². The van der Waals surface area contributed by atoms with E-state index in [0.29, 0.717) is 6.61 Å². The Morgan fingerprint density at radius 1 is 1.39 bits per heavy atom. The quantitative estimate of drug-likeness (QED) is 0.772. The van der Waals surface area contributed by atoms with Gasteiger partial charge in [0.1, 0.15) is 0 Å². The Morgan fingerprint density at radius 3 is 2.67 bits per heavy atom. The highest BCUT2D eigenvalue weighted by Gasteiger charge is 2.10. The van der Waals surface area contributed by atoms with Gasteiger partial charge in [0.05, 0.1) is 13.7 Å². The van der Waals surface area contributed by atoms with Crippen LogP contribution in [0.4, 0.5) is 0 Å². The molecule has 3 nitrogen and oxygen atoms in total. The predicted molar refractivity (Wildman–Crippen MR) is 77.8 cm³/mol. The average molecular weight is 272 g/mol. The van der Waals surface area contributed by atoms with E-state index >= 15 is 0 Å². The van der Waals surface area contributed by atoms with E-state index in [-0.39, 0.29) is 18.4 Å².